The molecule has 1 saturated carbocycles. The summed E-state index contributed by atoms with van der Waals surface area (Å²) in [5, 5.41) is 4.15. The van der Waals surface area contributed by atoms with Gasteiger partial charge in [-0.3, -0.25) is 4.79 Å². The molecule has 0 amide bonds. The van der Waals surface area contributed by atoms with Crippen LogP contribution in [-0.4, -0.2) is 5.78 Å². The van der Waals surface area contributed by atoms with Crippen molar-refractivity contribution in [1.82, 2.24) is 0 Å². The minimum atomic E-state index is 0.338. The molecule has 0 N–H and O–H groups in total. The monoisotopic (exact) mass is 250 g/mol. The summed E-state index contributed by atoms with van der Waals surface area (Å²) in [5.74, 6) is 2.43. The normalized spacial score (nSPS) is 25.1. The number of Topliss-reactive ketones (excluding diaryl/α,β-unsaturated/α-hetero) is 1. The van der Waals surface area contributed by atoms with Crippen molar-refractivity contribution in [1.29, 1.82) is 0 Å². The molecule has 94 valence electrons. The molecule has 0 saturated heterocycles. The van der Waals surface area contributed by atoms with Crippen LogP contribution in [-0.2, 0) is 11.2 Å². The fourth-order valence-corrected chi connectivity index (χ4v) is 3.52. The third-order valence-corrected chi connectivity index (χ3v) is 4.86. The highest BCUT2D eigenvalue weighted by Crippen LogP contribution is 2.34. The maximum absolute atomic E-state index is 12.1. The summed E-state index contributed by atoms with van der Waals surface area (Å²) in [5.41, 5.74) is 1.20. The van der Waals surface area contributed by atoms with Gasteiger partial charge in [0.2, 0.25) is 0 Å². The Bertz CT molecular complexity index is 345. The van der Waals surface area contributed by atoms with Gasteiger partial charge in [-0.05, 0) is 59.9 Å². The number of rotatable bonds is 4. The number of thiophene rings is 1. The second-order valence-corrected chi connectivity index (χ2v) is 6.41. The molecular weight excluding hydrogens is 228 g/mol. The first kappa shape index (κ1) is 12.8. The van der Waals surface area contributed by atoms with E-state index in [2.05, 4.69) is 30.7 Å². The van der Waals surface area contributed by atoms with Gasteiger partial charge in [0.05, 0.1) is 0 Å². The maximum Gasteiger partial charge on any atom is 0.140 e. The molecule has 0 bridgehead atoms. The smallest absolute Gasteiger partial charge is 0.140 e. The van der Waals surface area contributed by atoms with Crippen LogP contribution in [0, 0.1) is 17.8 Å². The molecule has 2 rings (SSSR count). The van der Waals surface area contributed by atoms with E-state index in [0.717, 1.165) is 24.7 Å². The predicted molar refractivity (Wildman–Crippen MR) is 73.3 cm³/mol. The maximum atomic E-state index is 12.1. The third-order valence-electron chi connectivity index (χ3n) is 4.13. The molecule has 1 heterocycles. The van der Waals surface area contributed by atoms with E-state index in [1.807, 2.05) is 0 Å². The molecule has 0 aromatic carbocycles. The Morgan fingerprint density at radius 3 is 2.59 bits per heavy atom. The summed E-state index contributed by atoms with van der Waals surface area (Å²) in [6.07, 6.45) is 5.38. The van der Waals surface area contributed by atoms with Gasteiger partial charge in [-0.15, -0.1) is 0 Å². The van der Waals surface area contributed by atoms with E-state index in [0.29, 0.717) is 18.1 Å². The van der Waals surface area contributed by atoms with E-state index in [4.69, 9.17) is 0 Å². The Morgan fingerprint density at radius 2 is 2.06 bits per heavy atom. The molecule has 2 heteroatoms. The van der Waals surface area contributed by atoms with E-state index in [9.17, 15) is 4.79 Å². The Morgan fingerprint density at radius 1 is 1.35 bits per heavy atom. The van der Waals surface area contributed by atoms with Crippen LogP contribution in [0.25, 0.3) is 0 Å². The molecule has 0 atom stereocenters. The quantitative estimate of drug-likeness (QED) is 0.777. The highest BCUT2D eigenvalue weighted by Gasteiger charge is 2.27. The lowest BCUT2D eigenvalue weighted by atomic mass is 9.75. The lowest BCUT2D eigenvalue weighted by Crippen LogP contribution is -2.25. The Hall–Kier alpha value is -0.630. The second-order valence-electron chi connectivity index (χ2n) is 5.63. The standard InChI is InChI=1S/C15H22OS/c1-11(2)13-3-5-14(6-4-13)15(16)9-12-7-8-17-10-12/h7-8,10-11,13-14H,3-6,9H2,1-2H3. The largest absolute Gasteiger partial charge is 0.299 e. The summed E-state index contributed by atoms with van der Waals surface area (Å²) >= 11 is 1.68. The highest BCUT2D eigenvalue weighted by atomic mass is 32.1. The molecule has 0 spiro atoms. The first-order valence-electron chi connectivity index (χ1n) is 6.70. The van der Waals surface area contributed by atoms with Crippen LogP contribution < -0.4 is 0 Å². The zero-order valence-corrected chi connectivity index (χ0v) is 11.6. The van der Waals surface area contributed by atoms with Crippen molar-refractivity contribution in [2.24, 2.45) is 17.8 Å². The minimum absolute atomic E-state index is 0.338. The topological polar surface area (TPSA) is 17.1 Å². The first-order valence-corrected chi connectivity index (χ1v) is 7.65. The number of carbonyl (C=O) groups is 1. The molecule has 1 fully saturated rings. The summed E-state index contributed by atoms with van der Waals surface area (Å²) in [4.78, 5) is 12.1. The van der Waals surface area contributed by atoms with Crippen molar-refractivity contribution in [3.8, 4) is 0 Å². The highest BCUT2D eigenvalue weighted by molar-refractivity contribution is 7.07. The Labute approximate surface area is 108 Å². The van der Waals surface area contributed by atoms with Crippen molar-refractivity contribution in [3.05, 3.63) is 22.4 Å². The first-order chi connectivity index (χ1) is 8.16. The van der Waals surface area contributed by atoms with Crippen molar-refractivity contribution < 1.29 is 4.79 Å². The van der Waals surface area contributed by atoms with Crippen LogP contribution in [0.4, 0.5) is 0 Å². The van der Waals surface area contributed by atoms with E-state index < -0.39 is 0 Å². The fourth-order valence-electron chi connectivity index (χ4n) is 2.85. The molecule has 1 aliphatic rings. The molecule has 0 radical (unpaired) electrons. The Kier molecular flexibility index (Phi) is 4.38. The van der Waals surface area contributed by atoms with E-state index in [-0.39, 0.29) is 0 Å². The van der Waals surface area contributed by atoms with Crippen LogP contribution in [0.1, 0.15) is 45.1 Å². The molecule has 1 nitrogen and oxygen atoms in total. The van der Waals surface area contributed by atoms with Gasteiger partial charge < -0.3 is 0 Å². The summed E-state index contributed by atoms with van der Waals surface area (Å²) in [7, 11) is 0. The van der Waals surface area contributed by atoms with Gasteiger partial charge in [0.25, 0.3) is 0 Å². The van der Waals surface area contributed by atoms with Crippen molar-refractivity contribution >= 4 is 17.1 Å². The minimum Gasteiger partial charge on any atom is -0.299 e. The molecular formula is C15H22OS. The van der Waals surface area contributed by atoms with Gasteiger partial charge in [-0.1, -0.05) is 13.8 Å². The van der Waals surface area contributed by atoms with Crippen molar-refractivity contribution in [2.75, 3.05) is 0 Å². The average Bonchev–Trinajstić information content (AvgIpc) is 2.82. The SMILES string of the molecule is CC(C)C1CCC(C(=O)Cc2ccsc2)CC1. The summed E-state index contributed by atoms with van der Waals surface area (Å²) in [6, 6.07) is 2.07. The molecule has 1 aromatic heterocycles. The number of carbonyl (C=O) groups excluding carboxylic acids is 1. The molecule has 1 aromatic rings. The van der Waals surface area contributed by atoms with Gasteiger partial charge in [0, 0.05) is 12.3 Å². The van der Waals surface area contributed by atoms with Crippen LogP contribution in [0.2, 0.25) is 0 Å². The zero-order chi connectivity index (χ0) is 12.3. The van der Waals surface area contributed by atoms with E-state index in [1.54, 1.807) is 11.3 Å². The predicted octanol–water partition coefficient (Wildman–Crippen LogP) is 4.32. The van der Waals surface area contributed by atoms with Gasteiger partial charge in [0.15, 0.2) is 0 Å². The van der Waals surface area contributed by atoms with Gasteiger partial charge in [-0.25, -0.2) is 0 Å². The summed E-state index contributed by atoms with van der Waals surface area (Å²) in [6.45, 7) is 4.61. The summed E-state index contributed by atoms with van der Waals surface area (Å²) < 4.78 is 0. The molecule has 0 aliphatic heterocycles. The van der Waals surface area contributed by atoms with Crippen LogP contribution >= 0.6 is 11.3 Å². The van der Waals surface area contributed by atoms with Crippen LogP contribution in [0.3, 0.4) is 0 Å². The molecule has 0 unspecified atom stereocenters. The third kappa shape index (κ3) is 3.41. The van der Waals surface area contributed by atoms with Gasteiger partial charge in [0.1, 0.15) is 5.78 Å². The van der Waals surface area contributed by atoms with E-state index in [1.165, 1.54) is 18.4 Å². The zero-order valence-electron chi connectivity index (χ0n) is 10.8. The Balaban J connectivity index is 1.82. The fraction of sp³-hybridized carbons (Fsp3) is 0.667. The molecule has 17 heavy (non-hydrogen) atoms. The second kappa shape index (κ2) is 5.81. The number of ketones is 1. The number of hydrogen-bond donors (Lipinski definition) is 0. The van der Waals surface area contributed by atoms with Crippen molar-refractivity contribution in [2.45, 2.75) is 46.0 Å². The lowest BCUT2D eigenvalue weighted by molar-refractivity contribution is -0.123. The lowest BCUT2D eigenvalue weighted by Gasteiger charge is -2.30. The van der Waals surface area contributed by atoms with Crippen LogP contribution in [0.15, 0.2) is 16.8 Å². The van der Waals surface area contributed by atoms with Gasteiger partial charge >= 0.3 is 0 Å². The number of hydrogen-bond acceptors (Lipinski definition) is 2. The average molecular weight is 250 g/mol. The van der Waals surface area contributed by atoms with Crippen molar-refractivity contribution in [3.63, 3.8) is 0 Å². The molecule has 1 aliphatic carbocycles. The van der Waals surface area contributed by atoms with Crippen LogP contribution in [0.5, 0.6) is 0 Å². The van der Waals surface area contributed by atoms with E-state index >= 15 is 0 Å². The van der Waals surface area contributed by atoms with Gasteiger partial charge in [-0.2, -0.15) is 11.3 Å².